The van der Waals surface area contributed by atoms with Crippen LogP contribution in [0.1, 0.15) is 37.7 Å². The Balaban J connectivity index is 1.46. The molecule has 7 nitrogen and oxygen atoms in total. The van der Waals surface area contributed by atoms with Gasteiger partial charge >= 0.3 is 0 Å². The molecule has 32 heavy (non-hydrogen) atoms. The number of amides is 2. The largest absolute Gasteiger partial charge is 0.335 e. The van der Waals surface area contributed by atoms with E-state index in [9.17, 15) is 14.0 Å². The number of halogens is 2. The first-order valence-electron chi connectivity index (χ1n) is 10.3. The lowest BCUT2D eigenvalue weighted by Crippen LogP contribution is -2.50. The fraction of sp³-hybridized carbons (Fsp3) is 0.304. The van der Waals surface area contributed by atoms with Crippen molar-refractivity contribution in [1.82, 2.24) is 24.8 Å². The maximum absolute atomic E-state index is 13.3. The van der Waals surface area contributed by atoms with Crippen molar-refractivity contribution < 1.29 is 14.0 Å². The van der Waals surface area contributed by atoms with E-state index in [4.69, 9.17) is 11.6 Å². The Labute approximate surface area is 190 Å². The van der Waals surface area contributed by atoms with E-state index in [1.165, 1.54) is 16.9 Å². The zero-order valence-corrected chi connectivity index (χ0v) is 18.9. The molecule has 2 heterocycles. The molecule has 2 aromatic carbocycles. The molecule has 0 atom stereocenters. The third-order valence-electron chi connectivity index (χ3n) is 5.57. The Kier molecular flexibility index (Phi) is 5.97. The highest BCUT2D eigenvalue weighted by molar-refractivity contribution is 6.33. The molecule has 0 spiro atoms. The molecule has 2 amide bonds. The van der Waals surface area contributed by atoms with Crippen LogP contribution in [0.4, 0.5) is 4.39 Å². The minimum atomic E-state index is -0.494. The summed E-state index contributed by atoms with van der Waals surface area (Å²) < 4.78 is 13.3. The highest BCUT2D eigenvalue weighted by Gasteiger charge is 2.29. The molecule has 0 aliphatic carbocycles. The number of hydrogen-bond acceptors (Lipinski definition) is 4. The second-order valence-corrected chi connectivity index (χ2v) is 8.33. The molecule has 1 aromatic heterocycles. The second kappa shape index (κ2) is 8.70. The molecule has 9 heteroatoms. The lowest BCUT2D eigenvalue weighted by atomic mass is 10.1. The summed E-state index contributed by atoms with van der Waals surface area (Å²) in [7, 11) is 0. The molecule has 3 aromatic rings. The number of hydrogen-bond donors (Lipinski definition) is 0. The van der Waals surface area contributed by atoms with Crippen molar-refractivity contribution in [1.29, 1.82) is 0 Å². The Morgan fingerprint density at radius 1 is 0.906 bits per heavy atom. The summed E-state index contributed by atoms with van der Waals surface area (Å²) in [4.78, 5) is 30.6. The maximum Gasteiger partial charge on any atom is 0.276 e. The van der Waals surface area contributed by atoms with E-state index in [0.29, 0.717) is 37.6 Å². The first-order chi connectivity index (χ1) is 15.2. The van der Waals surface area contributed by atoms with Gasteiger partial charge in [0.1, 0.15) is 5.82 Å². The van der Waals surface area contributed by atoms with Crippen LogP contribution in [0, 0.1) is 26.6 Å². The number of rotatable bonds is 3. The molecule has 166 valence electrons. The van der Waals surface area contributed by atoms with Crippen molar-refractivity contribution in [2.45, 2.75) is 20.8 Å². The number of carbonyl (C=O) groups is 2. The van der Waals surface area contributed by atoms with Gasteiger partial charge in [0.05, 0.1) is 22.0 Å². The summed E-state index contributed by atoms with van der Waals surface area (Å²) >= 11 is 6.02. The van der Waals surface area contributed by atoms with Gasteiger partial charge in [-0.2, -0.15) is 9.90 Å². The molecule has 4 rings (SSSR count). The Morgan fingerprint density at radius 3 is 2.19 bits per heavy atom. The topological polar surface area (TPSA) is 71.3 Å². The molecule has 1 aliphatic heterocycles. The lowest BCUT2D eigenvalue weighted by Gasteiger charge is -2.34. The van der Waals surface area contributed by atoms with Crippen LogP contribution < -0.4 is 0 Å². The number of piperazine rings is 1. The SMILES string of the molecule is Cc1ccc(-n2nc(C)c(C(=O)N3CCN(C(=O)c4ccc(F)cc4Cl)CC3)n2)c(C)c1. The zero-order valence-electron chi connectivity index (χ0n) is 18.1. The molecular formula is C23H23ClFN5O2. The minimum absolute atomic E-state index is 0.0761. The summed E-state index contributed by atoms with van der Waals surface area (Å²) in [5, 5.41) is 8.96. The minimum Gasteiger partial charge on any atom is -0.335 e. The molecule has 0 saturated carbocycles. The average molecular weight is 456 g/mol. The smallest absolute Gasteiger partial charge is 0.276 e. The van der Waals surface area contributed by atoms with Crippen LogP contribution in [0.2, 0.25) is 5.02 Å². The van der Waals surface area contributed by atoms with E-state index in [2.05, 4.69) is 10.2 Å². The first-order valence-corrected chi connectivity index (χ1v) is 10.7. The summed E-state index contributed by atoms with van der Waals surface area (Å²) in [6.07, 6.45) is 0. The standard InChI is InChI=1S/C23H23ClFN5O2/c1-14-4-7-20(15(2)12-14)30-26-16(3)21(27-30)23(32)29-10-8-28(9-11-29)22(31)18-6-5-17(25)13-19(18)24/h4-7,12-13H,8-11H2,1-3H3. The van der Waals surface area contributed by atoms with Crippen LogP contribution in [-0.4, -0.2) is 62.8 Å². The predicted molar refractivity (Wildman–Crippen MR) is 119 cm³/mol. The van der Waals surface area contributed by atoms with Gasteiger partial charge in [0, 0.05) is 26.2 Å². The third-order valence-corrected chi connectivity index (χ3v) is 5.88. The highest BCUT2D eigenvalue weighted by atomic mass is 35.5. The van der Waals surface area contributed by atoms with Gasteiger partial charge in [-0.15, -0.1) is 5.10 Å². The van der Waals surface area contributed by atoms with E-state index in [1.807, 2.05) is 32.0 Å². The highest BCUT2D eigenvalue weighted by Crippen LogP contribution is 2.21. The summed E-state index contributed by atoms with van der Waals surface area (Å²) in [6.45, 7) is 7.17. The number of benzene rings is 2. The van der Waals surface area contributed by atoms with Crippen LogP contribution in [0.3, 0.4) is 0 Å². The monoisotopic (exact) mass is 455 g/mol. The molecular weight excluding hydrogens is 433 g/mol. The average Bonchev–Trinajstić information content (AvgIpc) is 3.14. The van der Waals surface area contributed by atoms with Crippen molar-refractivity contribution in [3.63, 3.8) is 0 Å². The van der Waals surface area contributed by atoms with E-state index in [-0.39, 0.29) is 22.4 Å². The van der Waals surface area contributed by atoms with Crippen molar-refractivity contribution >= 4 is 23.4 Å². The zero-order chi connectivity index (χ0) is 23.0. The number of aryl methyl sites for hydroxylation is 3. The second-order valence-electron chi connectivity index (χ2n) is 7.92. The fourth-order valence-corrected chi connectivity index (χ4v) is 4.06. The quantitative estimate of drug-likeness (QED) is 0.605. The van der Waals surface area contributed by atoms with Crippen LogP contribution in [0.15, 0.2) is 36.4 Å². The molecule has 0 radical (unpaired) electrons. The number of carbonyl (C=O) groups excluding carboxylic acids is 2. The van der Waals surface area contributed by atoms with Crippen LogP contribution in [-0.2, 0) is 0 Å². The van der Waals surface area contributed by atoms with E-state index in [0.717, 1.165) is 22.9 Å². The van der Waals surface area contributed by atoms with Gasteiger partial charge < -0.3 is 9.80 Å². The number of nitrogens with zero attached hydrogens (tertiary/aromatic N) is 5. The van der Waals surface area contributed by atoms with Crippen molar-refractivity contribution in [3.05, 3.63) is 75.3 Å². The Morgan fingerprint density at radius 2 is 1.56 bits per heavy atom. The normalized spacial score (nSPS) is 14.0. The molecule has 1 aliphatic rings. The van der Waals surface area contributed by atoms with Crippen molar-refractivity contribution in [2.24, 2.45) is 0 Å². The van der Waals surface area contributed by atoms with Crippen LogP contribution in [0.5, 0.6) is 0 Å². The van der Waals surface area contributed by atoms with Crippen molar-refractivity contribution in [3.8, 4) is 5.69 Å². The summed E-state index contributed by atoms with van der Waals surface area (Å²) in [6, 6.07) is 9.66. The van der Waals surface area contributed by atoms with Gasteiger partial charge in [0.2, 0.25) is 0 Å². The van der Waals surface area contributed by atoms with Crippen LogP contribution in [0.25, 0.3) is 5.69 Å². The van der Waals surface area contributed by atoms with E-state index < -0.39 is 5.82 Å². The molecule has 0 N–H and O–H groups in total. The van der Waals surface area contributed by atoms with E-state index >= 15 is 0 Å². The maximum atomic E-state index is 13.3. The Bertz CT molecular complexity index is 1200. The van der Waals surface area contributed by atoms with Gasteiger partial charge in [-0.1, -0.05) is 29.3 Å². The number of aromatic nitrogens is 3. The van der Waals surface area contributed by atoms with E-state index in [1.54, 1.807) is 16.7 Å². The fourth-order valence-electron chi connectivity index (χ4n) is 3.81. The van der Waals surface area contributed by atoms with Gasteiger partial charge in [0.25, 0.3) is 11.8 Å². The lowest BCUT2D eigenvalue weighted by molar-refractivity contribution is 0.0531. The van der Waals surface area contributed by atoms with Gasteiger partial charge in [0.15, 0.2) is 5.69 Å². The first kappa shape index (κ1) is 22.0. The molecule has 0 bridgehead atoms. The summed E-state index contributed by atoms with van der Waals surface area (Å²) in [5.41, 5.74) is 4.08. The predicted octanol–water partition coefficient (Wildman–Crippen LogP) is 3.58. The van der Waals surface area contributed by atoms with Gasteiger partial charge in [-0.3, -0.25) is 9.59 Å². The summed E-state index contributed by atoms with van der Waals surface area (Å²) in [5.74, 6) is -0.990. The van der Waals surface area contributed by atoms with Gasteiger partial charge in [-0.05, 0) is 50.6 Å². The molecule has 0 unspecified atom stereocenters. The molecule has 1 saturated heterocycles. The van der Waals surface area contributed by atoms with Crippen molar-refractivity contribution in [2.75, 3.05) is 26.2 Å². The third kappa shape index (κ3) is 4.23. The Hall–Kier alpha value is -3.26. The van der Waals surface area contributed by atoms with Crippen LogP contribution >= 0.6 is 11.6 Å². The molecule has 1 fully saturated rings. The van der Waals surface area contributed by atoms with Gasteiger partial charge in [-0.25, -0.2) is 4.39 Å².